The van der Waals surface area contributed by atoms with E-state index in [1.54, 1.807) is 12.1 Å². The van der Waals surface area contributed by atoms with Crippen LogP contribution < -0.4 is 11.4 Å². The van der Waals surface area contributed by atoms with Gasteiger partial charge >= 0.3 is 5.63 Å². The van der Waals surface area contributed by atoms with Gasteiger partial charge in [0, 0.05) is 12.4 Å². The molecule has 0 amide bonds. The van der Waals surface area contributed by atoms with Crippen LogP contribution in [-0.2, 0) is 7.05 Å². The normalized spacial score (nSPS) is 11.3. The molecule has 4 aromatic rings. The molecule has 0 radical (unpaired) electrons. The molecule has 22 heavy (non-hydrogen) atoms. The van der Waals surface area contributed by atoms with Crippen LogP contribution >= 0.6 is 0 Å². The Kier molecular flexibility index (Phi) is 2.56. The molecule has 0 saturated carbocycles. The standard InChI is InChI=1S/C17H13N3O2/c1-20-12-8-4-3-7-11(12)19-16(20)14-15(18)10-6-2-5-9-13(10)22-17(14)21/h2-9H,18H2,1H3. The molecule has 0 aliphatic carbocycles. The van der Waals surface area contributed by atoms with Gasteiger partial charge in [0.25, 0.3) is 0 Å². The van der Waals surface area contributed by atoms with Crippen molar-refractivity contribution in [2.75, 3.05) is 5.73 Å². The van der Waals surface area contributed by atoms with Gasteiger partial charge in [0.15, 0.2) is 0 Å². The van der Waals surface area contributed by atoms with Crippen LogP contribution in [0.3, 0.4) is 0 Å². The molecular weight excluding hydrogens is 278 g/mol. The number of nitrogens with zero attached hydrogens (tertiary/aromatic N) is 2. The number of nitrogen functional groups attached to an aromatic ring is 1. The number of hydrogen-bond donors (Lipinski definition) is 1. The SMILES string of the molecule is Cn1c(-c2c(N)c3ccccc3oc2=O)nc2ccccc21. The van der Waals surface area contributed by atoms with Crippen LogP contribution in [0.5, 0.6) is 0 Å². The Morgan fingerprint density at radius 3 is 2.64 bits per heavy atom. The lowest BCUT2D eigenvalue weighted by Crippen LogP contribution is -2.10. The third-order valence-electron chi connectivity index (χ3n) is 3.86. The summed E-state index contributed by atoms with van der Waals surface area (Å²) in [6, 6.07) is 14.9. The molecule has 108 valence electrons. The van der Waals surface area contributed by atoms with E-state index in [-0.39, 0.29) is 0 Å². The third kappa shape index (κ3) is 1.65. The number of aryl methyl sites for hydroxylation is 1. The summed E-state index contributed by atoms with van der Waals surface area (Å²) >= 11 is 0. The summed E-state index contributed by atoms with van der Waals surface area (Å²) < 4.78 is 7.24. The van der Waals surface area contributed by atoms with Crippen molar-refractivity contribution in [3.63, 3.8) is 0 Å². The predicted molar refractivity (Wildman–Crippen MR) is 86.6 cm³/mol. The number of para-hydroxylation sites is 3. The quantitative estimate of drug-likeness (QED) is 0.547. The fourth-order valence-corrected chi connectivity index (χ4v) is 2.75. The molecular formula is C17H13N3O2. The zero-order chi connectivity index (χ0) is 15.3. The van der Waals surface area contributed by atoms with Crippen LogP contribution in [0.1, 0.15) is 0 Å². The minimum absolute atomic E-state index is 0.303. The molecule has 0 atom stereocenters. The molecule has 5 nitrogen and oxygen atoms in total. The minimum Gasteiger partial charge on any atom is -0.422 e. The average Bonchev–Trinajstić information content (AvgIpc) is 2.85. The highest BCUT2D eigenvalue weighted by molar-refractivity contribution is 5.96. The van der Waals surface area contributed by atoms with Crippen molar-refractivity contribution >= 4 is 27.7 Å². The number of anilines is 1. The second-order valence-corrected chi connectivity index (χ2v) is 5.16. The Bertz CT molecular complexity index is 1080. The van der Waals surface area contributed by atoms with Crippen LogP contribution in [0.4, 0.5) is 5.69 Å². The van der Waals surface area contributed by atoms with Crippen molar-refractivity contribution in [1.29, 1.82) is 0 Å². The van der Waals surface area contributed by atoms with Gasteiger partial charge in [-0.15, -0.1) is 0 Å². The fraction of sp³-hybridized carbons (Fsp3) is 0.0588. The zero-order valence-electron chi connectivity index (χ0n) is 11.9. The maximum Gasteiger partial charge on any atom is 0.349 e. The first kappa shape index (κ1) is 12.6. The molecule has 0 spiro atoms. The average molecular weight is 291 g/mol. The maximum atomic E-state index is 12.4. The Morgan fingerprint density at radius 2 is 1.82 bits per heavy atom. The molecule has 4 rings (SSSR count). The first-order valence-electron chi connectivity index (χ1n) is 6.90. The Morgan fingerprint density at radius 1 is 1.09 bits per heavy atom. The summed E-state index contributed by atoms with van der Waals surface area (Å²) in [7, 11) is 1.86. The molecule has 2 heterocycles. The maximum absolute atomic E-state index is 12.4. The van der Waals surface area contributed by atoms with E-state index in [9.17, 15) is 4.79 Å². The number of aromatic nitrogens is 2. The predicted octanol–water partition coefficient (Wildman–Crippen LogP) is 2.93. The first-order valence-corrected chi connectivity index (χ1v) is 6.90. The van der Waals surface area contributed by atoms with Gasteiger partial charge in [0.1, 0.15) is 17.0 Å². The van der Waals surface area contributed by atoms with E-state index < -0.39 is 5.63 Å². The molecule has 2 N–H and O–H groups in total. The van der Waals surface area contributed by atoms with Crippen molar-refractivity contribution in [3.8, 4) is 11.4 Å². The third-order valence-corrected chi connectivity index (χ3v) is 3.86. The molecule has 0 bridgehead atoms. The van der Waals surface area contributed by atoms with E-state index in [0.29, 0.717) is 28.0 Å². The summed E-state index contributed by atoms with van der Waals surface area (Å²) in [5.74, 6) is 0.512. The summed E-state index contributed by atoms with van der Waals surface area (Å²) in [6.45, 7) is 0. The molecule has 0 unspecified atom stereocenters. The van der Waals surface area contributed by atoms with E-state index in [0.717, 1.165) is 11.0 Å². The number of rotatable bonds is 1. The Hall–Kier alpha value is -3.08. The highest BCUT2D eigenvalue weighted by Crippen LogP contribution is 2.30. The van der Waals surface area contributed by atoms with E-state index in [2.05, 4.69) is 4.98 Å². The molecule has 2 aromatic heterocycles. The molecule has 0 fully saturated rings. The topological polar surface area (TPSA) is 74.1 Å². The molecule has 2 aromatic carbocycles. The van der Waals surface area contributed by atoms with Crippen LogP contribution in [-0.4, -0.2) is 9.55 Å². The van der Waals surface area contributed by atoms with Gasteiger partial charge in [-0.25, -0.2) is 9.78 Å². The Labute approximate surface area is 125 Å². The van der Waals surface area contributed by atoms with E-state index in [1.807, 2.05) is 48.0 Å². The van der Waals surface area contributed by atoms with Crippen molar-refractivity contribution < 1.29 is 4.42 Å². The highest BCUT2D eigenvalue weighted by atomic mass is 16.4. The fourth-order valence-electron chi connectivity index (χ4n) is 2.75. The number of benzene rings is 2. The zero-order valence-corrected chi connectivity index (χ0v) is 11.9. The van der Waals surface area contributed by atoms with Crippen molar-refractivity contribution in [2.45, 2.75) is 0 Å². The molecule has 5 heteroatoms. The van der Waals surface area contributed by atoms with Crippen molar-refractivity contribution in [1.82, 2.24) is 9.55 Å². The van der Waals surface area contributed by atoms with Gasteiger partial charge in [-0.1, -0.05) is 24.3 Å². The summed E-state index contributed by atoms with van der Waals surface area (Å²) in [4.78, 5) is 16.9. The lowest BCUT2D eigenvalue weighted by Gasteiger charge is -2.07. The van der Waals surface area contributed by atoms with Gasteiger partial charge in [-0.05, 0) is 24.3 Å². The van der Waals surface area contributed by atoms with Crippen LogP contribution in [0.25, 0.3) is 33.4 Å². The van der Waals surface area contributed by atoms with Crippen LogP contribution in [0.15, 0.2) is 57.7 Å². The second-order valence-electron chi connectivity index (χ2n) is 5.16. The minimum atomic E-state index is -0.477. The summed E-state index contributed by atoms with van der Waals surface area (Å²) in [5.41, 5.74) is 8.67. The summed E-state index contributed by atoms with van der Waals surface area (Å²) in [5, 5.41) is 0.712. The van der Waals surface area contributed by atoms with E-state index >= 15 is 0 Å². The smallest absolute Gasteiger partial charge is 0.349 e. The lowest BCUT2D eigenvalue weighted by molar-refractivity contribution is 0.563. The number of nitrogens with two attached hydrogens (primary N) is 1. The Balaban J connectivity index is 2.12. The largest absolute Gasteiger partial charge is 0.422 e. The lowest BCUT2D eigenvalue weighted by atomic mass is 10.1. The van der Waals surface area contributed by atoms with Crippen LogP contribution in [0.2, 0.25) is 0 Å². The van der Waals surface area contributed by atoms with Gasteiger partial charge < -0.3 is 14.7 Å². The number of imidazole rings is 1. The van der Waals surface area contributed by atoms with Gasteiger partial charge in [0.2, 0.25) is 0 Å². The molecule has 0 saturated heterocycles. The number of fused-ring (bicyclic) bond motifs is 2. The van der Waals surface area contributed by atoms with Crippen molar-refractivity contribution in [2.24, 2.45) is 7.05 Å². The molecule has 0 aliphatic heterocycles. The first-order chi connectivity index (χ1) is 10.7. The van der Waals surface area contributed by atoms with Crippen molar-refractivity contribution in [3.05, 3.63) is 59.0 Å². The number of hydrogen-bond acceptors (Lipinski definition) is 4. The van der Waals surface area contributed by atoms with Crippen LogP contribution in [0, 0.1) is 0 Å². The van der Waals surface area contributed by atoms with Gasteiger partial charge in [0.05, 0.1) is 16.7 Å². The monoisotopic (exact) mass is 291 g/mol. The van der Waals surface area contributed by atoms with Gasteiger partial charge in [-0.3, -0.25) is 0 Å². The van der Waals surface area contributed by atoms with Gasteiger partial charge in [-0.2, -0.15) is 0 Å². The second kappa shape index (κ2) is 4.46. The van der Waals surface area contributed by atoms with E-state index in [4.69, 9.17) is 10.2 Å². The summed E-state index contributed by atoms with van der Waals surface area (Å²) in [6.07, 6.45) is 0. The highest BCUT2D eigenvalue weighted by Gasteiger charge is 2.19. The molecule has 0 aliphatic rings. The van der Waals surface area contributed by atoms with E-state index in [1.165, 1.54) is 0 Å².